The zero-order valence-electron chi connectivity index (χ0n) is 16.7. The van der Waals surface area contributed by atoms with Gasteiger partial charge in [0.1, 0.15) is 12.0 Å². The topological polar surface area (TPSA) is 136 Å². The molecule has 3 rings (SSSR count). The lowest BCUT2D eigenvalue weighted by atomic mass is 10.1. The predicted octanol–water partition coefficient (Wildman–Crippen LogP) is 1.88. The molecule has 10 heteroatoms. The number of methoxy groups -OCH3 is 2. The Morgan fingerprint density at radius 1 is 1.10 bits per heavy atom. The van der Waals surface area contributed by atoms with Crippen molar-refractivity contribution < 1.29 is 14.3 Å². The second-order valence-electron chi connectivity index (χ2n) is 6.17. The number of pyridine rings is 1. The average Bonchev–Trinajstić information content (AvgIpc) is 2.79. The molecule has 10 nitrogen and oxygen atoms in total. The Balaban J connectivity index is 1.58. The first-order valence-electron chi connectivity index (χ1n) is 9.14. The number of hydrogen-bond donors (Lipinski definition) is 4. The molecular weight excluding hydrogens is 386 g/mol. The van der Waals surface area contributed by atoms with E-state index in [2.05, 4.69) is 31.1 Å². The quantitative estimate of drug-likeness (QED) is 0.390. The Kier molecular flexibility index (Phi) is 6.83. The second-order valence-corrected chi connectivity index (χ2v) is 6.17. The number of amides is 1. The van der Waals surface area contributed by atoms with Crippen LogP contribution in [0.2, 0.25) is 0 Å². The number of hydrogen-bond acceptors (Lipinski definition) is 9. The fourth-order valence-corrected chi connectivity index (χ4v) is 2.68. The zero-order valence-corrected chi connectivity index (χ0v) is 16.7. The highest BCUT2D eigenvalue weighted by atomic mass is 16.5. The molecule has 0 radical (unpaired) electrons. The summed E-state index contributed by atoms with van der Waals surface area (Å²) in [6.45, 7) is 0.582. The monoisotopic (exact) mass is 409 g/mol. The third-order valence-corrected chi connectivity index (χ3v) is 4.26. The largest absolute Gasteiger partial charge is 0.493 e. The summed E-state index contributed by atoms with van der Waals surface area (Å²) < 4.78 is 10.6. The molecule has 1 aromatic carbocycles. The Bertz CT molecular complexity index is 999. The lowest BCUT2D eigenvalue weighted by molar-refractivity contribution is 0.0962. The Hall–Kier alpha value is -4.08. The number of benzene rings is 1. The van der Waals surface area contributed by atoms with Crippen molar-refractivity contribution in [1.29, 1.82) is 0 Å². The highest BCUT2D eigenvalue weighted by Gasteiger charge is 2.10. The molecule has 0 aliphatic heterocycles. The van der Waals surface area contributed by atoms with Crippen LogP contribution in [0.1, 0.15) is 15.9 Å². The molecule has 0 bridgehead atoms. The van der Waals surface area contributed by atoms with Gasteiger partial charge in [0.25, 0.3) is 5.91 Å². The van der Waals surface area contributed by atoms with E-state index in [0.29, 0.717) is 35.8 Å². The van der Waals surface area contributed by atoms with Crippen LogP contribution >= 0.6 is 0 Å². The van der Waals surface area contributed by atoms with Gasteiger partial charge in [0.15, 0.2) is 23.1 Å². The summed E-state index contributed by atoms with van der Waals surface area (Å²) in [5.41, 5.74) is 13.1. The molecule has 0 aliphatic carbocycles. The number of anilines is 3. The van der Waals surface area contributed by atoms with E-state index in [0.717, 1.165) is 5.56 Å². The third-order valence-electron chi connectivity index (χ3n) is 4.26. The zero-order chi connectivity index (χ0) is 21.3. The van der Waals surface area contributed by atoms with E-state index < -0.39 is 0 Å². The van der Waals surface area contributed by atoms with Crippen LogP contribution in [0.3, 0.4) is 0 Å². The van der Waals surface area contributed by atoms with Gasteiger partial charge in [-0.15, -0.1) is 0 Å². The summed E-state index contributed by atoms with van der Waals surface area (Å²) in [6.07, 6.45) is 5.12. The molecule has 0 saturated heterocycles. The third kappa shape index (κ3) is 5.04. The average molecular weight is 409 g/mol. The maximum absolute atomic E-state index is 12.1. The van der Waals surface area contributed by atoms with Crippen LogP contribution in [0.4, 0.5) is 17.3 Å². The fourth-order valence-electron chi connectivity index (χ4n) is 2.68. The van der Waals surface area contributed by atoms with Crippen LogP contribution in [-0.2, 0) is 6.42 Å². The molecule has 5 N–H and O–H groups in total. The van der Waals surface area contributed by atoms with Gasteiger partial charge in [-0.25, -0.2) is 9.97 Å². The maximum Gasteiger partial charge on any atom is 0.271 e. The molecule has 2 heterocycles. The van der Waals surface area contributed by atoms with Gasteiger partial charge in [-0.1, -0.05) is 6.07 Å². The van der Waals surface area contributed by atoms with Crippen molar-refractivity contribution in [3.63, 3.8) is 0 Å². The minimum absolute atomic E-state index is 0.288. The van der Waals surface area contributed by atoms with E-state index in [4.69, 9.17) is 15.2 Å². The Labute approximate surface area is 173 Å². The van der Waals surface area contributed by atoms with Crippen LogP contribution < -0.4 is 31.4 Å². The highest BCUT2D eigenvalue weighted by Crippen LogP contribution is 2.28. The molecule has 0 atom stereocenters. The molecule has 2 aromatic heterocycles. The van der Waals surface area contributed by atoms with Crippen molar-refractivity contribution in [2.75, 3.05) is 37.2 Å². The maximum atomic E-state index is 12.1. The van der Waals surface area contributed by atoms with Gasteiger partial charge < -0.3 is 20.5 Å². The van der Waals surface area contributed by atoms with Crippen LogP contribution in [0.15, 0.2) is 49.1 Å². The highest BCUT2D eigenvalue weighted by molar-refractivity contribution is 5.94. The van der Waals surface area contributed by atoms with Crippen molar-refractivity contribution >= 4 is 23.2 Å². The van der Waals surface area contributed by atoms with Gasteiger partial charge in [0.05, 0.1) is 19.8 Å². The predicted molar refractivity (Wildman–Crippen MR) is 114 cm³/mol. The minimum Gasteiger partial charge on any atom is -0.493 e. The number of hydrazine groups is 1. The summed E-state index contributed by atoms with van der Waals surface area (Å²) in [5.74, 6) is 1.74. The van der Waals surface area contributed by atoms with Gasteiger partial charge in [0, 0.05) is 18.9 Å². The van der Waals surface area contributed by atoms with Gasteiger partial charge >= 0.3 is 0 Å². The number of ether oxygens (including phenoxy) is 2. The molecule has 1 amide bonds. The van der Waals surface area contributed by atoms with Crippen molar-refractivity contribution in [3.05, 3.63) is 60.2 Å². The molecule has 156 valence electrons. The first kappa shape index (κ1) is 20.6. The first-order valence-corrected chi connectivity index (χ1v) is 9.14. The van der Waals surface area contributed by atoms with E-state index in [-0.39, 0.29) is 17.4 Å². The van der Waals surface area contributed by atoms with E-state index >= 15 is 0 Å². The van der Waals surface area contributed by atoms with Gasteiger partial charge in [-0.3, -0.25) is 20.6 Å². The van der Waals surface area contributed by atoms with E-state index in [9.17, 15) is 4.79 Å². The molecule has 30 heavy (non-hydrogen) atoms. The minimum atomic E-state index is -0.357. The number of carbonyl (C=O) groups excluding carboxylic acids is 1. The van der Waals surface area contributed by atoms with E-state index in [1.807, 2.05) is 18.2 Å². The molecule has 0 aliphatic rings. The summed E-state index contributed by atoms with van der Waals surface area (Å²) in [6, 6.07) is 9.07. The molecule has 0 spiro atoms. The first-order chi connectivity index (χ1) is 14.6. The lowest BCUT2D eigenvalue weighted by Gasteiger charge is -2.13. The summed E-state index contributed by atoms with van der Waals surface area (Å²) >= 11 is 0. The number of nitrogen functional groups attached to an aromatic ring is 1. The Morgan fingerprint density at radius 3 is 2.63 bits per heavy atom. The SMILES string of the molecule is COc1ccc(CCNc2ncnc(NNC(=O)c3cccnc3)c2N)cc1OC. The van der Waals surface area contributed by atoms with Crippen LogP contribution in [0, 0.1) is 0 Å². The van der Waals surface area contributed by atoms with Gasteiger partial charge in [0.2, 0.25) is 0 Å². The Morgan fingerprint density at radius 2 is 1.90 bits per heavy atom. The smallest absolute Gasteiger partial charge is 0.271 e. The molecule has 0 fully saturated rings. The van der Waals surface area contributed by atoms with Gasteiger partial charge in [-0.2, -0.15) is 0 Å². The summed E-state index contributed by atoms with van der Waals surface area (Å²) in [7, 11) is 3.20. The molecular formula is C20H23N7O3. The van der Waals surface area contributed by atoms with Crippen LogP contribution in [0.25, 0.3) is 0 Å². The lowest BCUT2D eigenvalue weighted by Crippen LogP contribution is -2.30. The molecule has 0 saturated carbocycles. The number of rotatable bonds is 9. The molecule has 0 unspecified atom stereocenters. The van der Waals surface area contributed by atoms with Crippen molar-refractivity contribution in [1.82, 2.24) is 20.4 Å². The van der Waals surface area contributed by atoms with Crippen molar-refractivity contribution in [3.8, 4) is 11.5 Å². The van der Waals surface area contributed by atoms with E-state index in [1.165, 1.54) is 12.5 Å². The fraction of sp³-hybridized carbons (Fsp3) is 0.200. The van der Waals surface area contributed by atoms with Crippen LogP contribution in [-0.4, -0.2) is 41.6 Å². The van der Waals surface area contributed by atoms with Gasteiger partial charge in [-0.05, 0) is 36.2 Å². The molecule has 3 aromatic rings. The number of nitrogens with one attached hydrogen (secondary N) is 3. The number of nitrogens with two attached hydrogens (primary N) is 1. The summed E-state index contributed by atoms with van der Waals surface area (Å²) in [5, 5.41) is 3.18. The number of aromatic nitrogens is 3. The van der Waals surface area contributed by atoms with Crippen molar-refractivity contribution in [2.24, 2.45) is 0 Å². The second kappa shape index (κ2) is 9.92. The summed E-state index contributed by atoms with van der Waals surface area (Å²) in [4.78, 5) is 24.2. The van der Waals surface area contributed by atoms with Crippen molar-refractivity contribution in [2.45, 2.75) is 6.42 Å². The normalized spacial score (nSPS) is 10.2. The standard InChI is InChI=1S/C20H23N7O3/c1-29-15-6-5-13(10-16(15)30-2)7-9-23-18-17(21)19(25-12-24-18)26-27-20(28)14-4-3-8-22-11-14/h3-6,8,10-12H,7,9,21H2,1-2H3,(H,27,28)(H2,23,24,25,26). The van der Waals surface area contributed by atoms with Crippen LogP contribution in [0.5, 0.6) is 11.5 Å². The number of nitrogens with zero attached hydrogens (tertiary/aromatic N) is 3. The van der Waals surface area contributed by atoms with E-state index in [1.54, 1.807) is 32.5 Å². The number of carbonyl (C=O) groups is 1.